The molecule has 3 heteroatoms. The number of nitrogens with two attached hydrogens (primary N) is 1. The largest absolute Gasteiger partial charge is 0.492 e. The van der Waals surface area contributed by atoms with Crippen LogP contribution in [0.5, 0.6) is 5.75 Å². The molecule has 1 aromatic rings. The third-order valence-electron chi connectivity index (χ3n) is 2.13. The second kappa shape index (κ2) is 7.26. The molecule has 0 aliphatic rings. The van der Waals surface area contributed by atoms with E-state index >= 15 is 0 Å². The van der Waals surface area contributed by atoms with E-state index in [-0.39, 0.29) is 0 Å². The number of benzene rings is 1. The van der Waals surface area contributed by atoms with Gasteiger partial charge >= 0.3 is 0 Å². The second-order valence-electron chi connectivity index (χ2n) is 3.55. The lowest BCUT2D eigenvalue weighted by Gasteiger charge is -2.07. The fraction of sp³-hybridized carbons (Fsp3) is 0.500. The summed E-state index contributed by atoms with van der Waals surface area (Å²) in [4.78, 5) is 0. The zero-order valence-corrected chi connectivity index (χ0v) is 9.33. The van der Waals surface area contributed by atoms with Gasteiger partial charge in [0.05, 0.1) is 0 Å². The maximum absolute atomic E-state index is 5.55. The number of rotatable bonds is 7. The van der Waals surface area contributed by atoms with E-state index in [9.17, 15) is 0 Å². The Kier molecular flexibility index (Phi) is 5.81. The lowest BCUT2D eigenvalue weighted by atomic mass is 10.2. The molecule has 0 heterocycles. The molecular formula is C12H20N2O. The van der Waals surface area contributed by atoms with Crippen LogP contribution in [0.15, 0.2) is 24.3 Å². The Hall–Kier alpha value is -1.06. The summed E-state index contributed by atoms with van der Waals surface area (Å²) in [5.74, 6) is 0.932. The molecule has 0 aromatic heterocycles. The normalized spacial score (nSPS) is 10.3. The number of nitrogens with one attached hydrogen (secondary N) is 1. The molecule has 1 aromatic carbocycles. The third-order valence-corrected chi connectivity index (χ3v) is 2.13. The molecule has 3 nitrogen and oxygen atoms in total. The smallest absolute Gasteiger partial charge is 0.119 e. The van der Waals surface area contributed by atoms with Crippen LogP contribution in [0.3, 0.4) is 0 Å². The van der Waals surface area contributed by atoms with Gasteiger partial charge in [-0.3, -0.25) is 0 Å². The lowest BCUT2D eigenvalue weighted by Crippen LogP contribution is -2.23. The molecule has 0 aliphatic carbocycles. The summed E-state index contributed by atoms with van der Waals surface area (Å²) in [6, 6.07) is 8.10. The highest BCUT2D eigenvalue weighted by Crippen LogP contribution is 2.10. The Morgan fingerprint density at radius 2 is 1.93 bits per heavy atom. The molecule has 0 saturated heterocycles. The molecule has 3 N–H and O–H groups in total. The van der Waals surface area contributed by atoms with Crippen molar-refractivity contribution in [2.75, 3.05) is 26.2 Å². The molecule has 0 unspecified atom stereocenters. The molecule has 0 radical (unpaired) electrons. The molecule has 1 rings (SSSR count). The molecule has 0 bridgehead atoms. The van der Waals surface area contributed by atoms with Gasteiger partial charge in [-0.15, -0.1) is 0 Å². The fourth-order valence-corrected chi connectivity index (χ4v) is 1.23. The van der Waals surface area contributed by atoms with Crippen LogP contribution in [0.25, 0.3) is 0 Å². The standard InChI is InChI=1S/C12H20N2O/c1-11-3-5-12(6-4-11)15-10-9-14-8-2-7-13/h3-6,14H,2,7-10,13H2,1H3. The Balaban J connectivity index is 2.07. The van der Waals surface area contributed by atoms with Gasteiger partial charge in [-0.2, -0.15) is 0 Å². The second-order valence-corrected chi connectivity index (χ2v) is 3.55. The average molecular weight is 208 g/mol. The van der Waals surface area contributed by atoms with Gasteiger partial charge in [-0.05, 0) is 38.6 Å². The van der Waals surface area contributed by atoms with Gasteiger partial charge in [-0.1, -0.05) is 17.7 Å². The molecule has 84 valence electrons. The zero-order valence-electron chi connectivity index (χ0n) is 9.33. The minimum atomic E-state index is 0.702. The first-order valence-electron chi connectivity index (χ1n) is 5.43. The Morgan fingerprint density at radius 1 is 1.20 bits per heavy atom. The fourth-order valence-electron chi connectivity index (χ4n) is 1.23. The summed E-state index contributed by atoms with van der Waals surface area (Å²) in [6.07, 6.45) is 1.02. The van der Waals surface area contributed by atoms with Crippen LogP contribution in [-0.2, 0) is 0 Å². The van der Waals surface area contributed by atoms with Crippen molar-refractivity contribution in [2.24, 2.45) is 5.73 Å². The van der Waals surface area contributed by atoms with Crippen LogP contribution >= 0.6 is 0 Å². The van der Waals surface area contributed by atoms with E-state index in [0.29, 0.717) is 6.61 Å². The van der Waals surface area contributed by atoms with Crippen molar-refractivity contribution in [3.05, 3.63) is 29.8 Å². The quantitative estimate of drug-likeness (QED) is 0.664. The molecule has 0 spiro atoms. The van der Waals surface area contributed by atoms with Crippen LogP contribution in [0.1, 0.15) is 12.0 Å². The third kappa shape index (κ3) is 5.40. The summed E-state index contributed by atoms with van der Waals surface area (Å²) in [7, 11) is 0. The van der Waals surface area contributed by atoms with Crippen molar-refractivity contribution < 1.29 is 4.74 Å². The molecule has 15 heavy (non-hydrogen) atoms. The topological polar surface area (TPSA) is 47.3 Å². The van der Waals surface area contributed by atoms with Gasteiger partial charge < -0.3 is 15.8 Å². The molecule has 0 aliphatic heterocycles. The van der Waals surface area contributed by atoms with Crippen LogP contribution in [0.4, 0.5) is 0 Å². The average Bonchev–Trinajstić information content (AvgIpc) is 2.26. The van der Waals surface area contributed by atoms with E-state index in [1.165, 1.54) is 5.56 Å². The van der Waals surface area contributed by atoms with Gasteiger partial charge in [0.2, 0.25) is 0 Å². The predicted molar refractivity (Wildman–Crippen MR) is 63.2 cm³/mol. The molecule has 0 saturated carbocycles. The first-order valence-corrected chi connectivity index (χ1v) is 5.43. The lowest BCUT2D eigenvalue weighted by molar-refractivity contribution is 0.314. The van der Waals surface area contributed by atoms with Crippen molar-refractivity contribution in [2.45, 2.75) is 13.3 Å². The van der Waals surface area contributed by atoms with Crippen LogP contribution in [0, 0.1) is 6.92 Å². The zero-order chi connectivity index (χ0) is 10.9. The first kappa shape index (κ1) is 12.0. The van der Waals surface area contributed by atoms with E-state index in [1.54, 1.807) is 0 Å². The van der Waals surface area contributed by atoms with E-state index in [0.717, 1.165) is 31.8 Å². The Bertz CT molecular complexity index is 259. The molecule has 0 atom stereocenters. The summed E-state index contributed by atoms with van der Waals surface area (Å²) < 4.78 is 5.55. The monoisotopic (exact) mass is 208 g/mol. The number of ether oxygens (including phenoxy) is 1. The minimum Gasteiger partial charge on any atom is -0.492 e. The maximum atomic E-state index is 5.55. The van der Waals surface area contributed by atoms with Crippen molar-refractivity contribution in [3.63, 3.8) is 0 Å². The Labute approximate surface area is 91.6 Å². The molecule has 0 amide bonds. The van der Waals surface area contributed by atoms with Crippen molar-refractivity contribution in [1.29, 1.82) is 0 Å². The van der Waals surface area contributed by atoms with E-state index in [4.69, 9.17) is 10.5 Å². The van der Waals surface area contributed by atoms with Crippen molar-refractivity contribution >= 4 is 0 Å². The predicted octanol–water partition coefficient (Wildman–Crippen LogP) is 1.31. The highest BCUT2D eigenvalue weighted by molar-refractivity contribution is 5.26. The summed E-state index contributed by atoms with van der Waals surface area (Å²) in [6.45, 7) is 5.35. The van der Waals surface area contributed by atoms with Gasteiger partial charge in [-0.25, -0.2) is 0 Å². The van der Waals surface area contributed by atoms with Crippen LogP contribution in [0.2, 0.25) is 0 Å². The van der Waals surface area contributed by atoms with Gasteiger partial charge in [0.15, 0.2) is 0 Å². The number of aryl methyl sites for hydroxylation is 1. The summed E-state index contributed by atoms with van der Waals surface area (Å²) >= 11 is 0. The van der Waals surface area contributed by atoms with Gasteiger partial charge in [0.1, 0.15) is 12.4 Å². The molecular weight excluding hydrogens is 188 g/mol. The minimum absolute atomic E-state index is 0.702. The SMILES string of the molecule is Cc1ccc(OCCNCCCN)cc1. The summed E-state index contributed by atoms with van der Waals surface area (Å²) in [5.41, 5.74) is 6.63. The molecule has 0 fully saturated rings. The van der Waals surface area contributed by atoms with Gasteiger partial charge in [0.25, 0.3) is 0 Å². The van der Waals surface area contributed by atoms with Crippen molar-refractivity contribution in [1.82, 2.24) is 5.32 Å². The highest BCUT2D eigenvalue weighted by atomic mass is 16.5. The highest BCUT2D eigenvalue weighted by Gasteiger charge is 1.92. The van der Waals surface area contributed by atoms with E-state index in [2.05, 4.69) is 24.4 Å². The summed E-state index contributed by atoms with van der Waals surface area (Å²) in [5, 5.41) is 3.26. The maximum Gasteiger partial charge on any atom is 0.119 e. The number of hydrogen-bond donors (Lipinski definition) is 2. The van der Waals surface area contributed by atoms with Gasteiger partial charge in [0, 0.05) is 6.54 Å². The van der Waals surface area contributed by atoms with E-state index in [1.807, 2.05) is 12.1 Å². The Morgan fingerprint density at radius 3 is 2.60 bits per heavy atom. The van der Waals surface area contributed by atoms with E-state index < -0.39 is 0 Å². The van der Waals surface area contributed by atoms with Crippen molar-refractivity contribution in [3.8, 4) is 5.75 Å². The van der Waals surface area contributed by atoms with Crippen LogP contribution < -0.4 is 15.8 Å². The number of hydrogen-bond acceptors (Lipinski definition) is 3. The first-order chi connectivity index (χ1) is 7.33. The van der Waals surface area contributed by atoms with Crippen LogP contribution in [-0.4, -0.2) is 26.2 Å².